The van der Waals surface area contributed by atoms with Gasteiger partial charge in [0.15, 0.2) is 0 Å². The molecule has 4 heteroatoms. The number of methoxy groups -OCH3 is 1. The van der Waals surface area contributed by atoms with Crippen LogP contribution in [0.1, 0.15) is 52.7 Å². The minimum Gasteiger partial charge on any atom is -0.497 e. The van der Waals surface area contributed by atoms with Crippen LogP contribution in [-0.4, -0.2) is 18.8 Å². The molecule has 0 saturated carbocycles. The molecular weight excluding hydrogens is 389 g/mol. The smallest absolute Gasteiger partial charge is 0.125 e. The first-order valence-electron chi connectivity index (χ1n) is 10.7. The number of rotatable bonds is 7. The Bertz CT molecular complexity index is 885. The highest BCUT2D eigenvalue weighted by Gasteiger charge is 2.18. The lowest BCUT2D eigenvalue weighted by atomic mass is 10.1. The summed E-state index contributed by atoms with van der Waals surface area (Å²) in [5.74, 6) is 0.272. The Morgan fingerprint density at radius 3 is 2.16 bits per heavy atom. The summed E-state index contributed by atoms with van der Waals surface area (Å²) >= 11 is 0. The molecule has 2 aromatic rings. The molecule has 0 aliphatic rings. The molecule has 0 aliphatic carbocycles. The van der Waals surface area contributed by atoms with Gasteiger partial charge in [-0.25, -0.2) is 4.39 Å². The van der Waals surface area contributed by atoms with E-state index in [9.17, 15) is 9.50 Å². The number of benzene rings is 2. The lowest BCUT2D eigenvalue weighted by molar-refractivity contribution is 0.331. The summed E-state index contributed by atoms with van der Waals surface area (Å²) < 4.78 is 19.4. The number of aliphatic hydroxyl groups excluding tert-OH is 1. The Morgan fingerprint density at radius 1 is 1.03 bits per heavy atom. The second-order valence-corrected chi connectivity index (χ2v) is 6.39. The van der Waals surface area contributed by atoms with Crippen LogP contribution in [0.15, 0.2) is 72.5 Å². The van der Waals surface area contributed by atoms with Crippen molar-refractivity contribution in [2.24, 2.45) is 0 Å². The minimum absolute atomic E-state index is 0.0107. The highest BCUT2D eigenvalue weighted by Crippen LogP contribution is 2.38. The van der Waals surface area contributed by atoms with Crippen LogP contribution in [0.2, 0.25) is 0 Å². The Kier molecular flexibility index (Phi) is 13.6. The number of para-hydroxylation sites is 1. The predicted molar refractivity (Wildman–Crippen MR) is 134 cm³/mol. The monoisotopic (exact) mass is 427 g/mol. The average Bonchev–Trinajstić information content (AvgIpc) is 2.81. The van der Waals surface area contributed by atoms with Gasteiger partial charge in [0.05, 0.1) is 19.4 Å². The number of halogens is 1. The fourth-order valence-corrected chi connectivity index (χ4v) is 2.80. The molecule has 3 nitrogen and oxygen atoms in total. The van der Waals surface area contributed by atoms with Crippen LogP contribution in [-0.2, 0) is 0 Å². The summed E-state index contributed by atoms with van der Waals surface area (Å²) in [4.78, 5) is 1.98. The summed E-state index contributed by atoms with van der Waals surface area (Å²) in [6, 6.07) is 13.0. The number of hydrogen-bond donors (Lipinski definition) is 1. The molecule has 0 amide bonds. The van der Waals surface area contributed by atoms with Crippen LogP contribution in [0.4, 0.5) is 15.8 Å². The molecule has 0 bridgehead atoms. The van der Waals surface area contributed by atoms with Gasteiger partial charge in [-0.15, -0.1) is 0 Å². The van der Waals surface area contributed by atoms with Crippen molar-refractivity contribution in [1.82, 2.24) is 0 Å². The van der Waals surface area contributed by atoms with Crippen LogP contribution in [0.3, 0.4) is 0 Å². The van der Waals surface area contributed by atoms with E-state index >= 15 is 0 Å². The van der Waals surface area contributed by atoms with E-state index in [1.54, 1.807) is 19.2 Å². The van der Waals surface area contributed by atoms with Gasteiger partial charge in [-0.2, -0.15) is 0 Å². The van der Waals surface area contributed by atoms with Crippen molar-refractivity contribution in [3.63, 3.8) is 0 Å². The molecule has 170 valence electrons. The van der Waals surface area contributed by atoms with Crippen LogP contribution in [0, 0.1) is 6.92 Å². The molecule has 2 aromatic carbocycles. The lowest BCUT2D eigenvalue weighted by Crippen LogP contribution is -2.17. The van der Waals surface area contributed by atoms with E-state index in [1.165, 1.54) is 0 Å². The number of hydrogen-bond acceptors (Lipinski definition) is 3. The number of aliphatic hydroxyl groups is 1. The summed E-state index contributed by atoms with van der Waals surface area (Å²) in [5.41, 5.74) is 4.75. The van der Waals surface area contributed by atoms with Gasteiger partial charge >= 0.3 is 0 Å². The first-order valence-corrected chi connectivity index (χ1v) is 10.7. The summed E-state index contributed by atoms with van der Waals surface area (Å²) in [5, 5.41) is 9.25. The highest BCUT2D eigenvalue weighted by atomic mass is 19.1. The molecule has 0 saturated heterocycles. The molecule has 0 aliphatic heterocycles. The van der Waals surface area contributed by atoms with Crippen molar-refractivity contribution in [3.8, 4) is 5.75 Å². The zero-order chi connectivity index (χ0) is 24.0. The second kappa shape index (κ2) is 15.0. The first-order chi connectivity index (χ1) is 14.9. The zero-order valence-electron chi connectivity index (χ0n) is 20.3. The van der Waals surface area contributed by atoms with Gasteiger partial charge in [0, 0.05) is 16.9 Å². The van der Waals surface area contributed by atoms with Crippen LogP contribution >= 0.6 is 0 Å². The van der Waals surface area contributed by atoms with E-state index in [0.717, 1.165) is 28.3 Å². The molecule has 0 heterocycles. The highest BCUT2D eigenvalue weighted by molar-refractivity contribution is 5.80. The van der Waals surface area contributed by atoms with Crippen molar-refractivity contribution >= 4 is 17.2 Å². The van der Waals surface area contributed by atoms with Crippen molar-refractivity contribution < 1.29 is 14.2 Å². The molecule has 2 rings (SSSR count). The van der Waals surface area contributed by atoms with Crippen LogP contribution in [0.25, 0.3) is 5.83 Å². The molecule has 1 N–H and O–H groups in total. The maximum Gasteiger partial charge on any atom is 0.125 e. The third-order valence-electron chi connectivity index (χ3n) is 4.29. The van der Waals surface area contributed by atoms with Gasteiger partial charge in [-0.05, 0) is 68.3 Å². The van der Waals surface area contributed by atoms with Gasteiger partial charge in [0.2, 0.25) is 0 Å². The van der Waals surface area contributed by atoms with Crippen molar-refractivity contribution in [2.45, 2.75) is 48.5 Å². The minimum atomic E-state index is -0.489. The van der Waals surface area contributed by atoms with E-state index in [0.29, 0.717) is 11.3 Å². The number of allylic oxidation sites excluding steroid dienone is 3. The van der Waals surface area contributed by atoms with E-state index in [1.807, 2.05) is 95.8 Å². The maximum absolute atomic E-state index is 14.1. The molecule has 0 atom stereocenters. The molecule has 0 unspecified atom stereocenters. The van der Waals surface area contributed by atoms with Gasteiger partial charge in [-0.1, -0.05) is 52.5 Å². The van der Waals surface area contributed by atoms with Crippen molar-refractivity contribution in [1.29, 1.82) is 0 Å². The number of aryl methyl sites for hydroxylation is 1. The molecule has 0 aromatic heterocycles. The van der Waals surface area contributed by atoms with E-state index in [2.05, 4.69) is 6.58 Å². The van der Waals surface area contributed by atoms with Gasteiger partial charge in [0.1, 0.15) is 11.6 Å². The van der Waals surface area contributed by atoms with E-state index < -0.39 is 5.83 Å². The van der Waals surface area contributed by atoms with Gasteiger partial charge in [0.25, 0.3) is 0 Å². The quantitative estimate of drug-likeness (QED) is 0.455. The average molecular weight is 428 g/mol. The van der Waals surface area contributed by atoms with Gasteiger partial charge in [-0.3, -0.25) is 0 Å². The Morgan fingerprint density at radius 2 is 1.65 bits per heavy atom. The van der Waals surface area contributed by atoms with E-state index in [-0.39, 0.29) is 6.61 Å². The second-order valence-electron chi connectivity index (χ2n) is 6.39. The standard InChI is InChI=1S/C23H26FNO2.2C2H6/c1-16(15-26)10-11-18(3)25(22-13-12-20(27-5)14-17(22)2)23-9-7-6-8-21(23)19(4)24;2*1-2/h6-14,26H,4,15H2,1-3,5H3;2*1-2H3/b16-10+,18-11+;;. The largest absolute Gasteiger partial charge is 0.497 e. The number of nitrogens with zero attached hydrogens (tertiary/aromatic N) is 1. The molecule has 31 heavy (non-hydrogen) atoms. The number of ether oxygens (including phenoxy) is 1. The SMILES string of the molecule is C=C(F)c1ccccc1N(/C(C)=C/C=C(\C)CO)c1ccc(OC)cc1C.CC.CC. The maximum atomic E-state index is 14.1. The normalized spacial score (nSPS) is 10.9. The fourth-order valence-electron chi connectivity index (χ4n) is 2.80. The zero-order valence-corrected chi connectivity index (χ0v) is 20.3. The third kappa shape index (κ3) is 8.06. The van der Waals surface area contributed by atoms with Crippen LogP contribution < -0.4 is 9.64 Å². The molecule has 0 fully saturated rings. The molecular formula is C27H38FNO2. The Balaban J connectivity index is 0.00000212. The molecule has 0 radical (unpaired) electrons. The Hall–Kier alpha value is -2.85. The summed E-state index contributed by atoms with van der Waals surface area (Å²) in [6.07, 6.45) is 3.76. The third-order valence-corrected chi connectivity index (χ3v) is 4.29. The van der Waals surface area contributed by atoms with E-state index in [4.69, 9.17) is 4.74 Å². The Labute approximate surface area is 188 Å². The summed E-state index contributed by atoms with van der Waals surface area (Å²) in [7, 11) is 1.63. The van der Waals surface area contributed by atoms with Crippen molar-refractivity contribution in [3.05, 3.63) is 83.6 Å². The number of anilines is 2. The summed E-state index contributed by atoms with van der Waals surface area (Å²) in [6.45, 7) is 17.3. The lowest BCUT2D eigenvalue weighted by Gasteiger charge is -2.29. The van der Waals surface area contributed by atoms with Crippen LogP contribution in [0.5, 0.6) is 5.75 Å². The first kappa shape index (κ1) is 28.2. The predicted octanol–water partition coefficient (Wildman–Crippen LogP) is 7.98. The molecule has 0 spiro atoms. The fraction of sp³-hybridized carbons (Fsp3) is 0.333. The van der Waals surface area contributed by atoms with Gasteiger partial charge < -0.3 is 14.7 Å². The van der Waals surface area contributed by atoms with Crippen molar-refractivity contribution in [2.75, 3.05) is 18.6 Å². The topological polar surface area (TPSA) is 32.7 Å².